The van der Waals surface area contributed by atoms with Crippen LogP contribution in [0.25, 0.3) is 0 Å². The number of nitrogens with one attached hydrogen (secondary N) is 4. The zero-order valence-corrected chi connectivity index (χ0v) is 13.6. The second-order valence-corrected chi connectivity index (χ2v) is 5.93. The number of carbonyl (C=O) groups is 2. The predicted molar refractivity (Wildman–Crippen MR) is 88.9 cm³/mol. The lowest BCUT2D eigenvalue weighted by Crippen LogP contribution is -2.35. The van der Waals surface area contributed by atoms with Crippen molar-refractivity contribution in [1.29, 1.82) is 0 Å². The lowest BCUT2D eigenvalue weighted by atomic mass is 10.2. The molecule has 132 valence electrons. The van der Waals surface area contributed by atoms with Crippen LogP contribution >= 0.6 is 12.4 Å². The number of halogens is 3. The maximum absolute atomic E-state index is 13.1. The van der Waals surface area contributed by atoms with Gasteiger partial charge in [-0.05, 0) is 37.1 Å². The van der Waals surface area contributed by atoms with Gasteiger partial charge in [-0.1, -0.05) is 0 Å². The molecule has 24 heavy (non-hydrogen) atoms. The van der Waals surface area contributed by atoms with Crippen molar-refractivity contribution in [2.45, 2.75) is 37.3 Å². The highest BCUT2D eigenvalue weighted by atomic mass is 35.5. The molecule has 1 aliphatic carbocycles. The third-order valence-electron chi connectivity index (χ3n) is 3.75. The highest BCUT2D eigenvalue weighted by molar-refractivity contribution is 5.95. The van der Waals surface area contributed by atoms with Gasteiger partial charge in [-0.3, -0.25) is 10.1 Å². The van der Waals surface area contributed by atoms with Gasteiger partial charge < -0.3 is 16.0 Å². The van der Waals surface area contributed by atoms with Gasteiger partial charge in [0, 0.05) is 23.8 Å². The second-order valence-electron chi connectivity index (χ2n) is 5.93. The summed E-state index contributed by atoms with van der Waals surface area (Å²) in [5.41, 5.74) is 1.08. The molecule has 4 N–H and O–H groups in total. The topological polar surface area (TPSA) is 82.3 Å². The van der Waals surface area contributed by atoms with E-state index in [1.54, 1.807) is 24.3 Å². The highest BCUT2D eigenvalue weighted by Gasteiger charge is 2.42. The van der Waals surface area contributed by atoms with Crippen molar-refractivity contribution >= 4 is 35.7 Å². The summed E-state index contributed by atoms with van der Waals surface area (Å²) < 4.78 is 26.1. The molecule has 0 radical (unpaired) electrons. The zero-order valence-electron chi connectivity index (χ0n) is 12.8. The van der Waals surface area contributed by atoms with Gasteiger partial charge in [-0.2, -0.15) is 0 Å². The van der Waals surface area contributed by atoms with Crippen molar-refractivity contribution in [3.05, 3.63) is 24.3 Å². The molecule has 9 heteroatoms. The Morgan fingerprint density at radius 1 is 1.08 bits per heavy atom. The molecule has 1 aromatic carbocycles. The van der Waals surface area contributed by atoms with E-state index in [-0.39, 0.29) is 24.5 Å². The van der Waals surface area contributed by atoms with Crippen LogP contribution in [0.3, 0.4) is 0 Å². The summed E-state index contributed by atoms with van der Waals surface area (Å²) in [6.45, 7) is -0.482. The van der Waals surface area contributed by atoms with Crippen LogP contribution < -0.4 is 21.3 Å². The van der Waals surface area contributed by atoms with Crippen molar-refractivity contribution < 1.29 is 18.4 Å². The van der Waals surface area contributed by atoms with Gasteiger partial charge in [0.25, 0.3) is 5.92 Å². The molecule has 2 aliphatic rings. The Morgan fingerprint density at radius 3 is 2.17 bits per heavy atom. The molecule has 1 aromatic rings. The number of hydrogen-bond donors (Lipinski definition) is 4. The maximum Gasteiger partial charge on any atom is 0.319 e. The van der Waals surface area contributed by atoms with Crippen LogP contribution in [0.5, 0.6) is 0 Å². The normalized spacial score (nSPS) is 21.5. The number of amides is 3. The van der Waals surface area contributed by atoms with Crippen LogP contribution in [0.1, 0.15) is 19.3 Å². The van der Waals surface area contributed by atoms with E-state index in [0.29, 0.717) is 11.4 Å². The third-order valence-corrected chi connectivity index (χ3v) is 3.75. The average Bonchev–Trinajstić information content (AvgIpc) is 3.21. The third kappa shape index (κ3) is 5.04. The fourth-order valence-electron chi connectivity index (χ4n) is 2.35. The predicted octanol–water partition coefficient (Wildman–Crippen LogP) is 2.33. The van der Waals surface area contributed by atoms with Gasteiger partial charge in [0.1, 0.15) is 0 Å². The van der Waals surface area contributed by atoms with Gasteiger partial charge in [-0.15, -0.1) is 12.4 Å². The Labute approximate surface area is 144 Å². The largest absolute Gasteiger partial charge is 0.335 e. The number of urea groups is 1. The standard InChI is InChI=1S/C15H18F2N4O2.ClH/c16-15(17)7-12(18-8-15)13(22)19-9-1-3-10(4-2-9)20-14(23)21-11-5-6-11;/h1-4,11-12,18H,5-8H2,(H,19,22)(H2,20,21,23);1H. The number of hydrogen-bond acceptors (Lipinski definition) is 3. The molecular formula is C15H19ClF2N4O2. The van der Waals surface area contributed by atoms with E-state index in [0.717, 1.165) is 12.8 Å². The maximum atomic E-state index is 13.1. The molecule has 0 spiro atoms. The Morgan fingerprint density at radius 2 is 1.67 bits per heavy atom. The average molecular weight is 361 g/mol. The Balaban J connectivity index is 0.00000208. The summed E-state index contributed by atoms with van der Waals surface area (Å²) in [6, 6.07) is 5.60. The Hall–Kier alpha value is -1.93. The fourth-order valence-corrected chi connectivity index (χ4v) is 2.35. The molecule has 1 saturated heterocycles. The first-order valence-electron chi connectivity index (χ1n) is 7.51. The lowest BCUT2D eigenvalue weighted by molar-refractivity contribution is -0.118. The smallest absolute Gasteiger partial charge is 0.319 e. The monoisotopic (exact) mass is 360 g/mol. The van der Waals surface area contributed by atoms with Crippen LogP contribution in [0.15, 0.2) is 24.3 Å². The quantitative estimate of drug-likeness (QED) is 0.665. The molecule has 1 unspecified atom stereocenters. The molecule has 1 saturated carbocycles. The minimum atomic E-state index is -2.84. The van der Waals surface area contributed by atoms with Crippen molar-refractivity contribution in [2.75, 3.05) is 17.2 Å². The molecule has 0 bridgehead atoms. The van der Waals surface area contributed by atoms with Crippen LogP contribution in [-0.2, 0) is 4.79 Å². The molecule has 2 fully saturated rings. The Bertz CT molecular complexity index is 608. The summed E-state index contributed by atoms with van der Waals surface area (Å²) in [5, 5.41) is 10.6. The van der Waals surface area contributed by atoms with E-state index >= 15 is 0 Å². The van der Waals surface area contributed by atoms with Crippen LogP contribution in [0.2, 0.25) is 0 Å². The van der Waals surface area contributed by atoms with E-state index in [1.165, 1.54) is 0 Å². The Kier molecular flexibility index (Phi) is 5.61. The molecule has 6 nitrogen and oxygen atoms in total. The van der Waals surface area contributed by atoms with E-state index in [2.05, 4.69) is 21.3 Å². The fraction of sp³-hybridized carbons (Fsp3) is 0.467. The first kappa shape index (κ1) is 18.4. The van der Waals surface area contributed by atoms with Crippen LogP contribution in [0, 0.1) is 0 Å². The van der Waals surface area contributed by atoms with Gasteiger partial charge in [0.2, 0.25) is 5.91 Å². The molecule has 0 aromatic heterocycles. The summed E-state index contributed by atoms with van der Waals surface area (Å²) in [5.74, 6) is -3.33. The second kappa shape index (κ2) is 7.31. The minimum Gasteiger partial charge on any atom is -0.335 e. The number of carbonyl (C=O) groups excluding carboxylic acids is 2. The van der Waals surface area contributed by atoms with Gasteiger partial charge in [0.05, 0.1) is 12.6 Å². The van der Waals surface area contributed by atoms with Gasteiger partial charge in [-0.25, -0.2) is 13.6 Å². The minimum absolute atomic E-state index is 0. The van der Waals surface area contributed by atoms with E-state index < -0.39 is 30.8 Å². The molecule has 1 aliphatic heterocycles. The van der Waals surface area contributed by atoms with Gasteiger partial charge in [0.15, 0.2) is 0 Å². The van der Waals surface area contributed by atoms with E-state index in [9.17, 15) is 18.4 Å². The van der Waals surface area contributed by atoms with Crippen molar-refractivity contribution in [3.8, 4) is 0 Å². The summed E-state index contributed by atoms with van der Waals surface area (Å²) in [4.78, 5) is 23.5. The molecule has 3 amide bonds. The summed E-state index contributed by atoms with van der Waals surface area (Å²) in [7, 11) is 0. The number of benzene rings is 1. The van der Waals surface area contributed by atoms with Crippen LogP contribution in [-0.4, -0.2) is 36.5 Å². The lowest BCUT2D eigenvalue weighted by Gasteiger charge is -2.12. The van der Waals surface area contributed by atoms with Gasteiger partial charge >= 0.3 is 6.03 Å². The molecule has 1 atom stereocenters. The van der Waals surface area contributed by atoms with Crippen molar-refractivity contribution in [1.82, 2.24) is 10.6 Å². The molecule has 3 rings (SSSR count). The SMILES string of the molecule is Cl.O=C(Nc1ccc(NC(=O)C2CC(F)(F)CN2)cc1)NC1CC1. The summed E-state index contributed by atoms with van der Waals surface area (Å²) in [6.07, 6.45) is 1.51. The number of anilines is 2. The van der Waals surface area contributed by atoms with Crippen LogP contribution in [0.4, 0.5) is 25.0 Å². The number of rotatable bonds is 4. The number of alkyl halides is 2. The highest BCUT2D eigenvalue weighted by Crippen LogP contribution is 2.26. The van der Waals surface area contributed by atoms with E-state index in [4.69, 9.17) is 0 Å². The first-order chi connectivity index (χ1) is 10.9. The zero-order chi connectivity index (χ0) is 16.4. The van der Waals surface area contributed by atoms with Crippen molar-refractivity contribution in [3.63, 3.8) is 0 Å². The van der Waals surface area contributed by atoms with E-state index in [1.807, 2.05) is 0 Å². The van der Waals surface area contributed by atoms with Crippen molar-refractivity contribution in [2.24, 2.45) is 0 Å². The molecule has 1 heterocycles. The summed E-state index contributed by atoms with van der Waals surface area (Å²) >= 11 is 0. The first-order valence-corrected chi connectivity index (χ1v) is 7.51. The molecular weight excluding hydrogens is 342 g/mol.